The number of hydrogen-bond donors (Lipinski definition) is 1. The Kier molecular flexibility index (Phi) is 2.79. The summed E-state index contributed by atoms with van der Waals surface area (Å²) >= 11 is 1.88. The smallest absolute Gasteiger partial charge is 0.388 e. The highest BCUT2D eigenvalue weighted by Gasteiger charge is 2.07. The van der Waals surface area contributed by atoms with Crippen molar-refractivity contribution in [3.8, 4) is 5.88 Å². The number of hydrogen-bond acceptors (Lipinski definition) is 3. The van der Waals surface area contributed by atoms with Crippen LogP contribution < -0.4 is 10.5 Å². The number of primary amides is 1. The van der Waals surface area contributed by atoms with Crippen molar-refractivity contribution in [1.29, 1.82) is 0 Å². The van der Waals surface area contributed by atoms with E-state index in [1.54, 1.807) is 0 Å². The zero-order valence-electron chi connectivity index (χ0n) is 5.75. The molecule has 0 saturated carbocycles. The minimum absolute atomic E-state index is 0.400. The number of halogens is 2. The average Bonchev–Trinajstić information content (AvgIpc) is 1.94. The Morgan fingerprint density at radius 3 is 2.92 bits per heavy atom. The summed E-state index contributed by atoms with van der Waals surface area (Å²) in [7, 11) is 0. The van der Waals surface area contributed by atoms with E-state index in [1.807, 2.05) is 22.6 Å². The lowest BCUT2D eigenvalue weighted by atomic mass is 10.5. The predicted molar refractivity (Wildman–Crippen MR) is 47.1 cm³/mol. The minimum Gasteiger partial charge on any atom is -0.388 e. The van der Waals surface area contributed by atoms with Crippen molar-refractivity contribution in [2.45, 2.75) is 0 Å². The maximum Gasteiger partial charge on any atom is 0.411 e. The third kappa shape index (κ3) is 2.29. The van der Waals surface area contributed by atoms with Crippen molar-refractivity contribution < 1.29 is 13.9 Å². The highest BCUT2D eigenvalue weighted by Crippen LogP contribution is 2.15. The van der Waals surface area contributed by atoms with Crippen LogP contribution in [0.1, 0.15) is 0 Å². The minimum atomic E-state index is -1.08. The second kappa shape index (κ2) is 3.65. The molecule has 0 aliphatic rings. The van der Waals surface area contributed by atoms with Gasteiger partial charge in [0.05, 0.1) is 0 Å². The zero-order chi connectivity index (χ0) is 9.14. The molecule has 1 heterocycles. The number of aromatic nitrogens is 1. The maximum absolute atomic E-state index is 12.8. The second-order valence-corrected chi connectivity index (χ2v) is 3.11. The normalized spacial score (nSPS) is 9.50. The van der Waals surface area contributed by atoms with E-state index in [1.165, 1.54) is 12.3 Å². The fourth-order valence-electron chi connectivity index (χ4n) is 0.572. The number of pyridine rings is 1. The topological polar surface area (TPSA) is 65.2 Å². The molecule has 2 N–H and O–H groups in total. The van der Waals surface area contributed by atoms with Gasteiger partial charge < -0.3 is 10.5 Å². The molecule has 64 valence electrons. The third-order valence-corrected chi connectivity index (χ3v) is 1.56. The molecule has 0 saturated heterocycles. The maximum atomic E-state index is 12.8. The highest BCUT2D eigenvalue weighted by atomic mass is 127. The first-order chi connectivity index (χ1) is 5.59. The van der Waals surface area contributed by atoms with Crippen molar-refractivity contribution in [3.63, 3.8) is 0 Å². The summed E-state index contributed by atoms with van der Waals surface area (Å²) in [6, 6.07) is 1.19. The lowest BCUT2D eigenvalue weighted by Crippen LogP contribution is -2.17. The van der Waals surface area contributed by atoms with Crippen LogP contribution in [0.4, 0.5) is 9.18 Å². The number of nitrogens with zero attached hydrogens (tertiary/aromatic N) is 1. The van der Waals surface area contributed by atoms with Crippen molar-refractivity contribution in [3.05, 3.63) is 21.7 Å². The first kappa shape index (κ1) is 9.17. The Morgan fingerprint density at radius 2 is 2.42 bits per heavy atom. The molecule has 0 aliphatic heterocycles. The van der Waals surface area contributed by atoms with E-state index in [4.69, 9.17) is 0 Å². The van der Waals surface area contributed by atoms with Gasteiger partial charge in [-0.3, -0.25) is 0 Å². The van der Waals surface area contributed by atoms with E-state index in [0.717, 1.165) is 0 Å². The van der Waals surface area contributed by atoms with Crippen LogP contribution in [0.5, 0.6) is 5.88 Å². The zero-order valence-corrected chi connectivity index (χ0v) is 7.91. The first-order valence-electron chi connectivity index (χ1n) is 2.88. The highest BCUT2D eigenvalue weighted by molar-refractivity contribution is 14.1. The molecule has 4 nitrogen and oxygen atoms in total. The van der Waals surface area contributed by atoms with Gasteiger partial charge in [0.1, 0.15) is 0 Å². The largest absolute Gasteiger partial charge is 0.411 e. The third-order valence-electron chi connectivity index (χ3n) is 0.971. The Morgan fingerprint density at radius 1 is 1.75 bits per heavy atom. The fraction of sp³-hybridized carbons (Fsp3) is 0. The number of carbonyl (C=O) groups is 1. The molecule has 0 aliphatic carbocycles. The monoisotopic (exact) mass is 282 g/mol. The Balaban J connectivity index is 2.93. The van der Waals surface area contributed by atoms with Crippen molar-refractivity contribution in [2.75, 3.05) is 0 Å². The molecule has 0 spiro atoms. The summed E-state index contributed by atoms with van der Waals surface area (Å²) < 4.78 is 17.7. The van der Waals surface area contributed by atoms with Gasteiger partial charge in [-0.1, -0.05) is 0 Å². The second-order valence-electron chi connectivity index (χ2n) is 1.86. The summed E-state index contributed by atoms with van der Waals surface area (Å²) in [5.41, 5.74) is 4.66. The standard InChI is InChI=1S/C6H4FIN2O2/c7-4-1-3(8)2-10-5(4)12-6(9)11/h1-2H,(H2,9,11). The van der Waals surface area contributed by atoms with Crippen LogP contribution >= 0.6 is 22.6 Å². The van der Waals surface area contributed by atoms with E-state index in [0.29, 0.717) is 3.57 Å². The van der Waals surface area contributed by atoms with Crippen LogP contribution in [0, 0.1) is 9.39 Å². The van der Waals surface area contributed by atoms with Gasteiger partial charge in [0.15, 0.2) is 5.82 Å². The number of carbonyl (C=O) groups excluding carboxylic acids is 1. The van der Waals surface area contributed by atoms with Crippen molar-refractivity contribution in [2.24, 2.45) is 5.73 Å². The van der Waals surface area contributed by atoms with Gasteiger partial charge in [-0.25, -0.2) is 14.2 Å². The van der Waals surface area contributed by atoms with Crippen LogP contribution in [0.3, 0.4) is 0 Å². The molecule has 12 heavy (non-hydrogen) atoms. The quantitative estimate of drug-likeness (QED) is 0.789. The summed E-state index contributed by atoms with van der Waals surface area (Å²) in [4.78, 5) is 13.7. The molecule has 1 aromatic heterocycles. The van der Waals surface area contributed by atoms with Gasteiger partial charge in [0.2, 0.25) is 0 Å². The molecular formula is C6H4FIN2O2. The van der Waals surface area contributed by atoms with E-state index in [2.05, 4.69) is 15.5 Å². The molecular weight excluding hydrogens is 278 g/mol. The van der Waals surface area contributed by atoms with Gasteiger partial charge in [-0.2, -0.15) is 0 Å². The molecule has 0 radical (unpaired) electrons. The SMILES string of the molecule is NC(=O)Oc1ncc(I)cc1F. The molecule has 0 fully saturated rings. The predicted octanol–water partition coefficient (Wildman–Crippen LogP) is 1.28. The number of ether oxygens (including phenoxy) is 1. The van der Waals surface area contributed by atoms with Gasteiger partial charge in [-0.05, 0) is 28.7 Å². The lowest BCUT2D eigenvalue weighted by Gasteiger charge is -1.99. The summed E-state index contributed by atoms with van der Waals surface area (Å²) in [5.74, 6) is -1.11. The number of amides is 1. The van der Waals surface area contributed by atoms with E-state index in [9.17, 15) is 9.18 Å². The Hall–Kier alpha value is -0.920. The van der Waals surface area contributed by atoms with Gasteiger partial charge in [-0.15, -0.1) is 0 Å². The Bertz CT molecular complexity index is 318. The van der Waals surface area contributed by atoms with E-state index in [-0.39, 0.29) is 0 Å². The summed E-state index contributed by atoms with van der Waals surface area (Å²) in [5, 5.41) is 0. The first-order valence-corrected chi connectivity index (χ1v) is 3.96. The molecule has 1 aromatic rings. The van der Waals surface area contributed by atoms with Crippen molar-refractivity contribution in [1.82, 2.24) is 4.98 Å². The molecule has 0 aromatic carbocycles. The number of rotatable bonds is 1. The van der Waals surface area contributed by atoms with Gasteiger partial charge in [0, 0.05) is 9.77 Å². The van der Waals surface area contributed by atoms with Crippen LogP contribution in [-0.2, 0) is 0 Å². The molecule has 1 rings (SSSR count). The lowest BCUT2D eigenvalue weighted by molar-refractivity contribution is 0.206. The van der Waals surface area contributed by atoms with Crippen LogP contribution in [0.25, 0.3) is 0 Å². The summed E-state index contributed by atoms with van der Waals surface area (Å²) in [6.07, 6.45) is 0.282. The Labute approximate surface area is 81.1 Å². The molecule has 6 heteroatoms. The molecule has 0 unspecified atom stereocenters. The van der Waals surface area contributed by atoms with Crippen LogP contribution in [0.2, 0.25) is 0 Å². The van der Waals surface area contributed by atoms with Crippen LogP contribution in [0.15, 0.2) is 12.3 Å². The molecule has 0 atom stereocenters. The fourth-order valence-corrected chi connectivity index (χ4v) is 0.985. The summed E-state index contributed by atoms with van der Waals surface area (Å²) in [6.45, 7) is 0. The molecule has 0 bridgehead atoms. The molecule has 1 amide bonds. The van der Waals surface area contributed by atoms with Gasteiger partial charge in [0.25, 0.3) is 5.88 Å². The van der Waals surface area contributed by atoms with E-state index < -0.39 is 17.8 Å². The number of nitrogens with two attached hydrogens (primary N) is 1. The van der Waals surface area contributed by atoms with Gasteiger partial charge >= 0.3 is 6.09 Å². The van der Waals surface area contributed by atoms with Crippen molar-refractivity contribution >= 4 is 28.7 Å². The van der Waals surface area contributed by atoms with E-state index >= 15 is 0 Å². The average molecular weight is 282 g/mol. The van der Waals surface area contributed by atoms with Crippen LogP contribution in [-0.4, -0.2) is 11.1 Å².